The number of sulfonamides is 1. The third-order valence-corrected chi connectivity index (χ3v) is 7.01. The lowest BCUT2D eigenvalue weighted by Crippen LogP contribution is -2.34. The van der Waals surface area contributed by atoms with Gasteiger partial charge in [0.05, 0.1) is 21.6 Å². The number of anilines is 1. The molecule has 0 unspecified atom stereocenters. The average molecular weight is 391 g/mol. The smallest absolute Gasteiger partial charge is 0.534 e. The van der Waals surface area contributed by atoms with Gasteiger partial charge >= 0.3 is 7.12 Å². The molecular formula is C18H22BNO4S2. The van der Waals surface area contributed by atoms with Crippen LogP contribution in [0.3, 0.4) is 0 Å². The summed E-state index contributed by atoms with van der Waals surface area (Å²) in [6, 6.07) is 9.51. The molecule has 5 nitrogen and oxygen atoms in total. The third-order valence-electron chi connectivity index (χ3n) is 4.31. The van der Waals surface area contributed by atoms with Crippen LogP contribution in [-0.2, 0) is 19.3 Å². The van der Waals surface area contributed by atoms with E-state index in [1.165, 1.54) is 11.3 Å². The van der Waals surface area contributed by atoms with Gasteiger partial charge in [-0.3, -0.25) is 4.72 Å². The molecule has 1 fully saturated rings. The fourth-order valence-electron chi connectivity index (χ4n) is 2.44. The number of hydrogen-bond acceptors (Lipinski definition) is 5. The zero-order valence-corrected chi connectivity index (χ0v) is 16.9. The molecule has 3 rings (SSSR count). The summed E-state index contributed by atoms with van der Waals surface area (Å²) in [6.45, 7) is 11.0. The van der Waals surface area contributed by atoms with Crippen molar-refractivity contribution >= 4 is 39.6 Å². The van der Waals surface area contributed by atoms with E-state index in [9.17, 15) is 8.42 Å². The monoisotopic (exact) mass is 391 g/mol. The average Bonchev–Trinajstić information content (AvgIpc) is 3.11. The van der Waals surface area contributed by atoms with Gasteiger partial charge in [-0.15, -0.1) is 11.3 Å². The summed E-state index contributed by atoms with van der Waals surface area (Å²) >= 11 is 1.49. The Bertz CT molecular complexity index is 917. The van der Waals surface area contributed by atoms with Crippen LogP contribution in [0.5, 0.6) is 0 Å². The first kappa shape index (κ1) is 19.0. The van der Waals surface area contributed by atoms with Gasteiger partial charge in [-0.2, -0.15) is 0 Å². The van der Waals surface area contributed by atoms with Crippen LogP contribution >= 0.6 is 11.3 Å². The summed E-state index contributed by atoms with van der Waals surface area (Å²) in [5, 5.41) is 1.38. The highest BCUT2D eigenvalue weighted by Gasteiger charge is 2.42. The van der Waals surface area contributed by atoms with Crippen LogP contribution in [0.4, 0.5) is 5.69 Å². The molecular weight excluding hydrogens is 369 g/mol. The zero-order valence-electron chi connectivity index (χ0n) is 15.3. The van der Waals surface area contributed by atoms with Gasteiger partial charge in [0, 0.05) is 0 Å². The predicted octanol–water partition coefficient (Wildman–Crippen LogP) is 3.60. The van der Waals surface area contributed by atoms with Crippen LogP contribution in [0.1, 0.15) is 27.7 Å². The normalized spacial score (nSPS) is 16.8. The molecule has 0 amide bonds. The minimum Gasteiger partial charge on any atom is -0.534 e. The molecule has 1 saturated heterocycles. The highest BCUT2D eigenvalue weighted by molar-refractivity contribution is 7.93. The van der Waals surface area contributed by atoms with Gasteiger partial charge in [0.1, 0.15) is 5.60 Å². The van der Waals surface area contributed by atoms with E-state index in [0.29, 0.717) is 11.4 Å². The maximum Gasteiger partial charge on any atom is 0.563 e. The van der Waals surface area contributed by atoms with Crippen molar-refractivity contribution in [2.75, 3.05) is 4.72 Å². The Hall–Kier alpha value is -1.77. The fraction of sp³-hybridized carbons (Fsp3) is 0.333. The maximum absolute atomic E-state index is 12.2. The summed E-state index contributed by atoms with van der Waals surface area (Å²) in [5.74, 6) is 0.607. The van der Waals surface area contributed by atoms with E-state index in [0.717, 1.165) is 15.9 Å². The highest BCUT2D eigenvalue weighted by Crippen LogP contribution is 2.35. The number of hydrogen-bond donors (Lipinski definition) is 1. The molecule has 138 valence electrons. The Kier molecular flexibility index (Phi) is 4.94. The second-order valence-electron chi connectivity index (χ2n) is 6.98. The lowest BCUT2D eigenvalue weighted by atomic mass is 9.79. The lowest BCUT2D eigenvalue weighted by molar-refractivity contribution is 0.173. The summed E-state index contributed by atoms with van der Waals surface area (Å²) in [6.07, 6.45) is 0. The predicted molar refractivity (Wildman–Crippen MR) is 108 cm³/mol. The van der Waals surface area contributed by atoms with E-state index in [4.69, 9.17) is 9.31 Å². The second kappa shape index (κ2) is 6.76. The van der Waals surface area contributed by atoms with E-state index in [-0.39, 0.29) is 0 Å². The summed E-state index contributed by atoms with van der Waals surface area (Å²) in [4.78, 5) is 0.874. The zero-order chi connectivity index (χ0) is 19.1. The number of nitrogens with one attached hydrogen (secondary N) is 1. The molecule has 0 radical (unpaired) electrons. The van der Waals surface area contributed by atoms with Gasteiger partial charge < -0.3 is 9.31 Å². The number of thiophene rings is 1. The molecule has 0 aliphatic carbocycles. The molecule has 0 bridgehead atoms. The van der Waals surface area contributed by atoms with Crippen molar-refractivity contribution in [2.24, 2.45) is 0 Å². The van der Waals surface area contributed by atoms with Gasteiger partial charge in [0.15, 0.2) is 0 Å². The van der Waals surface area contributed by atoms with Crippen LogP contribution in [0.15, 0.2) is 48.0 Å². The van der Waals surface area contributed by atoms with Crippen molar-refractivity contribution in [1.29, 1.82) is 0 Å². The molecule has 26 heavy (non-hydrogen) atoms. The summed E-state index contributed by atoms with van der Waals surface area (Å²) in [7, 11) is -3.86. The van der Waals surface area contributed by atoms with Gasteiger partial charge in [0.2, 0.25) is 10.0 Å². The molecule has 1 aromatic carbocycles. The van der Waals surface area contributed by atoms with Crippen molar-refractivity contribution in [3.05, 3.63) is 48.0 Å². The van der Waals surface area contributed by atoms with Crippen molar-refractivity contribution in [3.8, 4) is 10.4 Å². The minimum atomic E-state index is -3.39. The van der Waals surface area contributed by atoms with E-state index in [2.05, 4.69) is 11.3 Å². The Morgan fingerprint density at radius 3 is 2.38 bits per heavy atom. The summed E-state index contributed by atoms with van der Waals surface area (Å²) in [5.41, 5.74) is 1.90. The van der Waals surface area contributed by atoms with Gasteiger partial charge in [-0.25, -0.2) is 8.42 Å². The van der Waals surface area contributed by atoms with E-state index in [1.807, 2.05) is 43.5 Å². The minimum absolute atomic E-state index is 0.478. The molecule has 8 heteroatoms. The molecule has 1 aromatic heterocycles. The van der Waals surface area contributed by atoms with E-state index < -0.39 is 28.0 Å². The van der Waals surface area contributed by atoms with Crippen molar-refractivity contribution in [2.45, 2.75) is 38.5 Å². The largest absolute Gasteiger partial charge is 0.563 e. The Morgan fingerprint density at radius 1 is 1.19 bits per heavy atom. The molecule has 2 aromatic rings. The molecule has 1 aliphatic rings. The Balaban J connectivity index is 1.83. The Morgan fingerprint density at radius 2 is 1.85 bits per heavy atom. The molecule has 1 aliphatic heterocycles. The first-order chi connectivity index (χ1) is 12.1. The molecule has 0 spiro atoms. The molecule has 1 N–H and O–H groups in total. The molecule has 0 saturated carbocycles. The third kappa shape index (κ3) is 3.67. The van der Waals surface area contributed by atoms with Crippen LogP contribution in [0, 0.1) is 0 Å². The maximum atomic E-state index is 12.2. The lowest BCUT2D eigenvalue weighted by Gasteiger charge is -2.15. The SMILES string of the molecule is C=C1OB(c2ccc(-c3sccc3NS(=O)(=O)C(C)C)cc2)OC1(C)C. The van der Waals surface area contributed by atoms with Crippen molar-refractivity contribution in [1.82, 2.24) is 0 Å². The van der Waals surface area contributed by atoms with E-state index in [1.54, 1.807) is 19.9 Å². The van der Waals surface area contributed by atoms with Crippen molar-refractivity contribution < 1.29 is 17.7 Å². The first-order valence-corrected chi connectivity index (χ1v) is 10.8. The number of benzene rings is 1. The number of rotatable bonds is 5. The molecule has 2 heterocycles. The van der Waals surface area contributed by atoms with Gasteiger partial charge in [0.25, 0.3) is 0 Å². The summed E-state index contributed by atoms with van der Waals surface area (Å²) < 4.78 is 38.6. The van der Waals surface area contributed by atoms with Crippen molar-refractivity contribution in [3.63, 3.8) is 0 Å². The van der Waals surface area contributed by atoms with Crippen LogP contribution in [0.2, 0.25) is 0 Å². The standard InChI is InChI=1S/C18H22BNO4S2/c1-12(2)26(21,22)20-16-10-11-25-17(16)14-6-8-15(9-7-14)19-23-13(3)18(4,5)24-19/h6-12,20H,3H2,1-2,4-5H3. The van der Waals surface area contributed by atoms with Gasteiger partial charge in [-0.05, 0) is 50.2 Å². The van der Waals surface area contributed by atoms with Gasteiger partial charge in [-0.1, -0.05) is 30.8 Å². The molecule has 0 atom stereocenters. The first-order valence-electron chi connectivity index (χ1n) is 8.33. The van der Waals surface area contributed by atoms with Crippen LogP contribution in [-0.4, -0.2) is 26.4 Å². The quantitative estimate of drug-likeness (QED) is 0.791. The second-order valence-corrected chi connectivity index (χ2v) is 10.1. The van der Waals surface area contributed by atoms with E-state index >= 15 is 0 Å². The Labute approximate surface area is 159 Å². The fourth-order valence-corrected chi connectivity index (χ4v) is 4.08. The van der Waals surface area contributed by atoms with Crippen LogP contribution in [0.25, 0.3) is 10.4 Å². The topological polar surface area (TPSA) is 64.6 Å². The van der Waals surface area contributed by atoms with Crippen LogP contribution < -0.4 is 10.2 Å². The highest BCUT2D eigenvalue weighted by atomic mass is 32.2.